The lowest BCUT2D eigenvalue weighted by molar-refractivity contribution is -0.140. The Balaban J connectivity index is 2.20. The van der Waals surface area contributed by atoms with Gasteiger partial charge in [-0.2, -0.15) is 11.8 Å². The van der Waals surface area contributed by atoms with Crippen LogP contribution < -0.4 is 5.32 Å². The van der Waals surface area contributed by atoms with Gasteiger partial charge in [0.25, 0.3) is 0 Å². The van der Waals surface area contributed by atoms with Gasteiger partial charge in [0.2, 0.25) is 11.8 Å². The highest BCUT2D eigenvalue weighted by Gasteiger charge is 2.45. The first-order chi connectivity index (χ1) is 9.38. The molecule has 0 aromatic carbocycles. The topological polar surface area (TPSA) is 49.4 Å². The second-order valence-corrected chi connectivity index (χ2v) is 8.14. The van der Waals surface area contributed by atoms with Gasteiger partial charge in [-0.3, -0.25) is 9.59 Å². The smallest absolute Gasteiger partial charge is 0.248 e. The number of nitrogens with one attached hydrogen (secondary N) is 1. The number of hydrogen-bond donors (Lipinski definition) is 1. The van der Waals surface area contributed by atoms with Crippen molar-refractivity contribution in [2.45, 2.75) is 62.7 Å². The maximum absolute atomic E-state index is 13.0. The van der Waals surface area contributed by atoms with Gasteiger partial charge in [0.05, 0.1) is 0 Å². The van der Waals surface area contributed by atoms with Crippen LogP contribution in [0.3, 0.4) is 0 Å². The van der Waals surface area contributed by atoms with E-state index in [1.807, 2.05) is 4.90 Å². The molecule has 1 saturated heterocycles. The highest BCUT2D eigenvalue weighted by atomic mass is 32.2. The third-order valence-corrected chi connectivity index (χ3v) is 5.75. The zero-order chi connectivity index (χ0) is 14.8. The van der Waals surface area contributed by atoms with E-state index in [1.54, 1.807) is 11.8 Å². The van der Waals surface area contributed by atoms with Gasteiger partial charge in [0, 0.05) is 24.3 Å². The average Bonchev–Trinajstić information content (AvgIpc) is 2.52. The van der Waals surface area contributed by atoms with Crippen molar-refractivity contribution < 1.29 is 9.59 Å². The van der Waals surface area contributed by atoms with Crippen LogP contribution >= 0.6 is 11.8 Å². The van der Waals surface area contributed by atoms with Crippen LogP contribution in [0.5, 0.6) is 0 Å². The lowest BCUT2D eigenvalue weighted by Gasteiger charge is -2.40. The molecule has 20 heavy (non-hydrogen) atoms. The summed E-state index contributed by atoms with van der Waals surface area (Å²) in [4.78, 5) is 26.9. The fourth-order valence-corrected chi connectivity index (χ4v) is 3.48. The lowest BCUT2D eigenvalue weighted by atomic mass is 9.80. The Morgan fingerprint density at radius 3 is 2.50 bits per heavy atom. The van der Waals surface area contributed by atoms with Crippen molar-refractivity contribution in [3.63, 3.8) is 0 Å². The molecule has 1 saturated carbocycles. The fourth-order valence-electron chi connectivity index (χ4n) is 3.19. The van der Waals surface area contributed by atoms with E-state index in [0.717, 1.165) is 25.7 Å². The zero-order valence-electron chi connectivity index (χ0n) is 12.8. The zero-order valence-corrected chi connectivity index (χ0v) is 13.6. The van der Waals surface area contributed by atoms with Crippen LogP contribution in [0, 0.1) is 0 Å². The SMILES string of the molecule is CSC(C)(C)CN1CCC(=O)NC2(CCCCC2)C1=O. The molecule has 114 valence electrons. The van der Waals surface area contributed by atoms with Crippen molar-refractivity contribution in [2.75, 3.05) is 19.3 Å². The maximum Gasteiger partial charge on any atom is 0.248 e. The summed E-state index contributed by atoms with van der Waals surface area (Å²) in [5.41, 5.74) is -0.611. The molecule has 0 radical (unpaired) electrons. The van der Waals surface area contributed by atoms with Gasteiger partial charge >= 0.3 is 0 Å². The van der Waals surface area contributed by atoms with Crippen molar-refractivity contribution in [1.29, 1.82) is 0 Å². The van der Waals surface area contributed by atoms with Gasteiger partial charge in [0.1, 0.15) is 5.54 Å². The second kappa shape index (κ2) is 5.96. The third kappa shape index (κ3) is 3.30. The number of hydrogen-bond acceptors (Lipinski definition) is 3. The summed E-state index contributed by atoms with van der Waals surface area (Å²) in [7, 11) is 0. The minimum absolute atomic E-state index is 0.0267. The predicted octanol–water partition coefficient (Wildman–Crippen LogP) is 2.18. The fraction of sp³-hybridized carbons (Fsp3) is 0.867. The Kier molecular flexibility index (Phi) is 4.67. The van der Waals surface area contributed by atoms with Crippen molar-refractivity contribution >= 4 is 23.6 Å². The summed E-state index contributed by atoms with van der Waals surface area (Å²) in [5, 5.41) is 3.04. The van der Waals surface area contributed by atoms with E-state index in [2.05, 4.69) is 25.4 Å². The molecule has 2 amide bonds. The number of carbonyl (C=O) groups is 2. The molecule has 1 N–H and O–H groups in total. The van der Waals surface area contributed by atoms with Gasteiger partial charge in [-0.15, -0.1) is 0 Å². The maximum atomic E-state index is 13.0. The Hall–Kier alpha value is -0.710. The van der Waals surface area contributed by atoms with Gasteiger partial charge in [0.15, 0.2) is 0 Å². The number of amides is 2. The molecule has 5 heteroatoms. The summed E-state index contributed by atoms with van der Waals surface area (Å²) in [6.45, 7) is 5.57. The average molecular weight is 298 g/mol. The highest BCUT2D eigenvalue weighted by Crippen LogP contribution is 2.33. The number of nitrogens with zero attached hydrogens (tertiary/aromatic N) is 1. The molecule has 0 bridgehead atoms. The van der Waals surface area contributed by atoms with E-state index in [4.69, 9.17) is 0 Å². The van der Waals surface area contributed by atoms with Crippen molar-refractivity contribution in [2.24, 2.45) is 0 Å². The molecule has 1 heterocycles. The number of thioether (sulfide) groups is 1. The molecular formula is C15H26N2O2S. The molecule has 0 atom stereocenters. The summed E-state index contributed by atoms with van der Waals surface area (Å²) in [6, 6.07) is 0. The molecule has 0 unspecified atom stereocenters. The van der Waals surface area contributed by atoms with E-state index in [1.165, 1.54) is 6.42 Å². The van der Waals surface area contributed by atoms with Crippen LogP contribution in [0.4, 0.5) is 0 Å². The van der Waals surface area contributed by atoms with Crippen LogP contribution in [0.15, 0.2) is 0 Å². The monoisotopic (exact) mass is 298 g/mol. The largest absolute Gasteiger partial charge is 0.342 e. The van der Waals surface area contributed by atoms with Crippen molar-refractivity contribution in [3.05, 3.63) is 0 Å². The van der Waals surface area contributed by atoms with Gasteiger partial charge < -0.3 is 10.2 Å². The molecule has 2 rings (SSSR count). The molecule has 2 fully saturated rings. The minimum atomic E-state index is -0.611. The second-order valence-electron chi connectivity index (χ2n) is 6.63. The first-order valence-electron chi connectivity index (χ1n) is 7.54. The Morgan fingerprint density at radius 1 is 1.25 bits per heavy atom. The van der Waals surface area contributed by atoms with E-state index in [-0.39, 0.29) is 16.6 Å². The molecule has 1 aliphatic heterocycles. The molecular weight excluding hydrogens is 272 g/mol. The Labute approximate surface area is 126 Å². The first kappa shape index (κ1) is 15.7. The summed E-state index contributed by atoms with van der Waals surface area (Å²) >= 11 is 1.77. The summed E-state index contributed by atoms with van der Waals surface area (Å²) in [5.74, 6) is 0.176. The lowest BCUT2D eigenvalue weighted by Crippen LogP contribution is -2.59. The van der Waals surface area contributed by atoms with E-state index >= 15 is 0 Å². The first-order valence-corrected chi connectivity index (χ1v) is 8.77. The Bertz CT molecular complexity index is 389. The van der Waals surface area contributed by atoms with Gasteiger partial charge in [-0.1, -0.05) is 19.3 Å². The van der Waals surface area contributed by atoms with Crippen LogP contribution in [-0.2, 0) is 9.59 Å². The molecule has 0 aromatic rings. The van der Waals surface area contributed by atoms with Gasteiger partial charge in [-0.05, 0) is 32.9 Å². The predicted molar refractivity (Wildman–Crippen MR) is 82.7 cm³/mol. The molecule has 4 nitrogen and oxygen atoms in total. The van der Waals surface area contributed by atoms with Crippen LogP contribution in [-0.4, -0.2) is 46.3 Å². The molecule has 1 aliphatic carbocycles. The van der Waals surface area contributed by atoms with Gasteiger partial charge in [-0.25, -0.2) is 0 Å². The van der Waals surface area contributed by atoms with E-state index in [9.17, 15) is 9.59 Å². The summed E-state index contributed by atoms with van der Waals surface area (Å²) < 4.78 is 0.0267. The quantitative estimate of drug-likeness (QED) is 0.869. The van der Waals surface area contributed by atoms with Crippen LogP contribution in [0.2, 0.25) is 0 Å². The van der Waals surface area contributed by atoms with Crippen molar-refractivity contribution in [3.8, 4) is 0 Å². The van der Waals surface area contributed by atoms with Crippen LogP contribution in [0.1, 0.15) is 52.4 Å². The normalized spacial score (nSPS) is 23.6. The Morgan fingerprint density at radius 2 is 1.90 bits per heavy atom. The molecule has 1 spiro atoms. The minimum Gasteiger partial charge on any atom is -0.342 e. The number of carbonyl (C=O) groups excluding carboxylic acids is 2. The van der Waals surface area contributed by atoms with Crippen molar-refractivity contribution in [1.82, 2.24) is 10.2 Å². The highest BCUT2D eigenvalue weighted by molar-refractivity contribution is 7.99. The number of rotatable bonds is 3. The molecule has 2 aliphatic rings. The van der Waals surface area contributed by atoms with E-state index < -0.39 is 5.54 Å². The van der Waals surface area contributed by atoms with Crippen LogP contribution in [0.25, 0.3) is 0 Å². The summed E-state index contributed by atoms with van der Waals surface area (Å²) in [6.07, 6.45) is 7.33. The standard InChI is InChI=1S/C15H26N2O2S/c1-14(2,20-3)11-17-10-7-12(18)16-15(13(17)19)8-5-4-6-9-15/h4-11H2,1-3H3,(H,16,18). The third-order valence-electron chi connectivity index (χ3n) is 4.52. The molecule has 0 aromatic heterocycles. The van der Waals surface area contributed by atoms with E-state index in [0.29, 0.717) is 19.5 Å².